The van der Waals surface area contributed by atoms with Crippen molar-refractivity contribution >= 4 is 38.9 Å². The van der Waals surface area contributed by atoms with E-state index in [0.29, 0.717) is 0 Å². The van der Waals surface area contributed by atoms with E-state index in [1.807, 2.05) is 0 Å². The summed E-state index contributed by atoms with van der Waals surface area (Å²) in [6.45, 7) is 0. The number of benzene rings is 10. The Morgan fingerprint density at radius 3 is 1.59 bits per heavy atom. The minimum atomic E-state index is -0.558. The lowest BCUT2D eigenvalue weighted by molar-refractivity contribution is 0.748. The molecule has 0 saturated heterocycles. The third-order valence-electron chi connectivity index (χ3n) is 13.6. The molecule has 2 aliphatic rings. The normalized spacial score (nSPS) is 14.4. The summed E-state index contributed by atoms with van der Waals surface area (Å²) in [5.41, 5.74) is 21.4. The average Bonchev–Trinajstić information content (AvgIpc) is 3.85. The van der Waals surface area contributed by atoms with Crippen molar-refractivity contribution in [1.29, 1.82) is 0 Å². The van der Waals surface area contributed by atoms with Crippen molar-refractivity contribution in [2.75, 3.05) is 4.90 Å². The van der Waals surface area contributed by atoms with Crippen molar-refractivity contribution in [2.45, 2.75) is 5.41 Å². The van der Waals surface area contributed by atoms with Gasteiger partial charge in [-0.25, -0.2) is 0 Å². The van der Waals surface area contributed by atoms with Gasteiger partial charge in [-0.1, -0.05) is 194 Å². The van der Waals surface area contributed by atoms with Gasteiger partial charge >= 0.3 is 0 Å². The van der Waals surface area contributed by atoms with Crippen LogP contribution < -0.4 is 4.90 Å². The molecule has 0 radical (unpaired) electrons. The minimum absolute atomic E-state index is 0.558. The lowest BCUT2D eigenvalue weighted by atomic mass is 9.65. The molecule has 0 saturated carbocycles. The molecular weight excluding hydrogens is 761 g/mol. The highest BCUT2D eigenvalue weighted by atomic mass is 15.1. The monoisotopic (exact) mass is 800 g/mol. The Morgan fingerprint density at radius 2 is 0.825 bits per heavy atom. The molecule has 10 aromatic carbocycles. The third-order valence-corrected chi connectivity index (χ3v) is 13.6. The molecule has 0 bridgehead atoms. The van der Waals surface area contributed by atoms with E-state index in [4.69, 9.17) is 0 Å². The van der Waals surface area contributed by atoms with Gasteiger partial charge in [-0.3, -0.25) is 0 Å². The largest absolute Gasteiger partial charge is 0.310 e. The van der Waals surface area contributed by atoms with Crippen LogP contribution in [0.3, 0.4) is 0 Å². The van der Waals surface area contributed by atoms with Gasteiger partial charge in [-0.05, 0) is 115 Å². The van der Waals surface area contributed by atoms with Crippen molar-refractivity contribution in [2.24, 2.45) is 0 Å². The zero-order valence-electron chi connectivity index (χ0n) is 34.5. The second-order valence-corrected chi connectivity index (χ2v) is 16.8. The predicted octanol–water partition coefficient (Wildman–Crippen LogP) is 15.9. The van der Waals surface area contributed by atoms with Gasteiger partial charge in [0, 0.05) is 27.8 Å². The van der Waals surface area contributed by atoms with Crippen molar-refractivity contribution in [3.8, 4) is 50.2 Å². The summed E-state index contributed by atoms with van der Waals surface area (Å²) in [6.07, 6.45) is 0. The third kappa shape index (κ3) is 5.19. The van der Waals surface area contributed by atoms with E-state index in [-0.39, 0.29) is 0 Å². The first-order valence-corrected chi connectivity index (χ1v) is 21.8. The summed E-state index contributed by atoms with van der Waals surface area (Å²) in [5, 5.41) is 2.56. The van der Waals surface area contributed by atoms with E-state index < -0.39 is 5.41 Å². The van der Waals surface area contributed by atoms with E-state index >= 15 is 0 Å². The van der Waals surface area contributed by atoms with Crippen LogP contribution in [0.15, 0.2) is 243 Å². The molecule has 0 fully saturated rings. The summed E-state index contributed by atoms with van der Waals surface area (Å²) < 4.78 is 2.52. The molecule has 13 rings (SSSR count). The number of hydrogen-bond acceptors (Lipinski definition) is 1. The topological polar surface area (TPSA) is 8.17 Å². The quantitative estimate of drug-likeness (QED) is 0.163. The molecule has 294 valence electrons. The van der Waals surface area contributed by atoms with Crippen LogP contribution in [0, 0.1) is 0 Å². The Kier molecular flexibility index (Phi) is 7.85. The maximum absolute atomic E-state index is 2.52. The first-order chi connectivity index (χ1) is 31.3. The minimum Gasteiger partial charge on any atom is -0.310 e. The molecule has 2 heterocycles. The number of nitrogens with zero attached hydrogens (tertiary/aromatic N) is 2. The fourth-order valence-electron chi connectivity index (χ4n) is 11.0. The van der Waals surface area contributed by atoms with Gasteiger partial charge in [0.05, 0.1) is 22.1 Å². The zero-order chi connectivity index (χ0) is 41.5. The number of para-hydroxylation sites is 3. The fraction of sp³-hybridized carbons (Fsp3) is 0.0164. The second kappa shape index (κ2) is 13.9. The van der Waals surface area contributed by atoms with E-state index in [9.17, 15) is 0 Å². The van der Waals surface area contributed by atoms with Crippen LogP contribution in [0.25, 0.3) is 72.0 Å². The van der Waals surface area contributed by atoms with Crippen LogP contribution in [0.4, 0.5) is 17.1 Å². The van der Waals surface area contributed by atoms with E-state index in [1.54, 1.807) is 0 Å². The van der Waals surface area contributed by atoms with Crippen LogP contribution in [0.5, 0.6) is 0 Å². The number of hydrogen-bond donors (Lipinski definition) is 0. The molecule has 2 nitrogen and oxygen atoms in total. The number of fused-ring (bicyclic) bond motifs is 12. The Balaban J connectivity index is 1.09. The Bertz CT molecular complexity index is 3550. The second-order valence-electron chi connectivity index (χ2n) is 16.8. The Hall–Kier alpha value is -8.20. The van der Waals surface area contributed by atoms with E-state index in [0.717, 1.165) is 17.1 Å². The van der Waals surface area contributed by atoms with Crippen LogP contribution in [-0.2, 0) is 5.41 Å². The highest BCUT2D eigenvalue weighted by Gasteiger charge is 2.51. The summed E-state index contributed by atoms with van der Waals surface area (Å²) in [6, 6.07) is 89.6. The number of anilines is 3. The van der Waals surface area contributed by atoms with E-state index in [2.05, 4.69) is 252 Å². The van der Waals surface area contributed by atoms with Crippen molar-refractivity contribution < 1.29 is 0 Å². The molecule has 63 heavy (non-hydrogen) atoms. The molecule has 1 aliphatic carbocycles. The first-order valence-electron chi connectivity index (χ1n) is 21.8. The van der Waals surface area contributed by atoms with Crippen molar-refractivity contribution in [3.05, 3.63) is 265 Å². The van der Waals surface area contributed by atoms with Crippen LogP contribution in [0.2, 0.25) is 0 Å². The molecule has 1 spiro atoms. The molecule has 2 heteroatoms. The van der Waals surface area contributed by atoms with Gasteiger partial charge in [-0.15, -0.1) is 0 Å². The standard InChI is InChI=1S/C61H40N2/c1-4-17-41(18-5-1)42-31-33-45(34-32-42)62(46-35-37-48(43-19-6-2-7-20-43)53(39-46)44-21-8-3-9-22-44)47-36-38-50-49-23-10-12-26-54(49)61(57(50)40-47)55-27-13-15-30-59(55)63-58-29-14-11-24-51(58)52-25-16-28-56(61)60(52)63/h1-40H. The predicted molar refractivity (Wildman–Crippen MR) is 263 cm³/mol. The van der Waals surface area contributed by atoms with E-state index in [1.165, 1.54) is 94.3 Å². The smallest absolute Gasteiger partial charge is 0.0755 e. The number of aromatic nitrogens is 1. The summed E-state index contributed by atoms with van der Waals surface area (Å²) >= 11 is 0. The highest BCUT2D eigenvalue weighted by molar-refractivity contribution is 6.13. The molecule has 1 aliphatic heterocycles. The molecule has 1 unspecified atom stereocenters. The molecule has 1 aromatic heterocycles. The molecule has 0 amide bonds. The van der Waals surface area contributed by atoms with Gasteiger partial charge in [0.2, 0.25) is 0 Å². The van der Waals surface area contributed by atoms with Crippen molar-refractivity contribution in [1.82, 2.24) is 4.57 Å². The molecule has 0 N–H and O–H groups in total. The zero-order valence-corrected chi connectivity index (χ0v) is 34.5. The maximum Gasteiger partial charge on any atom is 0.0755 e. The van der Waals surface area contributed by atoms with Gasteiger partial charge in [-0.2, -0.15) is 0 Å². The summed E-state index contributed by atoms with van der Waals surface area (Å²) in [5.74, 6) is 0. The fourth-order valence-corrected chi connectivity index (χ4v) is 11.0. The van der Waals surface area contributed by atoms with Crippen LogP contribution in [0.1, 0.15) is 22.3 Å². The highest BCUT2D eigenvalue weighted by Crippen LogP contribution is 2.61. The lowest BCUT2D eigenvalue weighted by Crippen LogP contribution is -2.33. The lowest BCUT2D eigenvalue weighted by Gasteiger charge is -2.40. The van der Waals surface area contributed by atoms with Crippen LogP contribution in [-0.4, -0.2) is 4.57 Å². The Morgan fingerprint density at radius 1 is 0.302 bits per heavy atom. The maximum atomic E-state index is 2.52. The summed E-state index contributed by atoms with van der Waals surface area (Å²) in [7, 11) is 0. The van der Waals surface area contributed by atoms with Gasteiger partial charge < -0.3 is 9.47 Å². The van der Waals surface area contributed by atoms with Crippen molar-refractivity contribution in [3.63, 3.8) is 0 Å². The SMILES string of the molecule is c1ccc(-c2ccc(N(c3ccc(-c4ccccc4)c(-c4ccccc4)c3)c3ccc4c(c3)C3(c5ccccc5-4)c4ccccc4-n4c5ccccc5c5cccc3c54)cc2)cc1. The average molecular weight is 801 g/mol. The summed E-state index contributed by atoms with van der Waals surface area (Å²) in [4.78, 5) is 2.46. The van der Waals surface area contributed by atoms with Crippen LogP contribution >= 0.6 is 0 Å². The van der Waals surface area contributed by atoms with Gasteiger partial charge in [0.1, 0.15) is 0 Å². The molecule has 1 atom stereocenters. The van der Waals surface area contributed by atoms with Gasteiger partial charge in [0.15, 0.2) is 0 Å². The molecular formula is C61H40N2. The van der Waals surface area contributed by atoms with Gasteiger partial charge in [0.25, 0.3) is 0 Å². The molecule has 11 aromatic rings. The Labute approximate surface area is 367 Å². The number of rotatable bonds is 6. The first kappa shape index (κ1) is 35.5.